The predicted molar refractivity (Wildman–Crippen MR) is 101 cm³/mol. The van der Waals surface area contributed by atoms with E-state index in [1.54, 1.807) is 6.92 Å². The second-order valence-electron chi connectivity index (χ2n) is 6.21. The molecule has 2 aromatic carbocycles. The van der Waals surface area contributed by atoms with Gasteiger partial charge >= 0.3 is 0 Å². The quantitative estimate of drug-likeness (QED) is 0.486. The first-order valence-electron chi connectivity index (χ1n) is 8.28. The van der Waals surface area contributed by atoms with Crippen LogP contribution in [0.2, 0.25) is 0 Å². The topological polar surface area (TPSA) is 34.4 Å². The summed E-state index contributed by atoms with van der Waals surface area (Å²) in [5.41, 5.74) is 6.28. The molecule has 0 saturated carbocycles. The molecule has 122 valence electrons. The third kappa shape index (κ3) is 2.64. The van der Waals surface area contributed by atoms with Crippen molar-refractivity contribution < 1.29 is 4.79 Å². The van der Waals surface area contributed by atoms with Gasteiger partial charge in [0.2, 0.25) is 0 Å². The van der Waals surface area contributed by atoms with Gasteiger partial charge < -0.3 is 0 Å². The molecule has 0 amide bonds. The largest absolute Gasteiger partial charge is 0.300 e. The standard InChI is InChI=1S/C22H18N2O/c1-15-6-5-8-20(18-11-9-17(10-12-18)16(2)25)21(15)22-23-14-19-7-3-4-13-24(19)22/h3-14H,1-2H3. The van der Waals surface area contributed by atoms with Crippen molar-refractivity contribution in [2.45, 2.75) is 13.8 Å². The van der Waals surface area contributed by atoms with Gasteiger partial charge in [0.1, 0.15) is 5.82 Å². The highest BCUT2D eigenvalue weighted by atomic mass is 16.1. The summed E-state index contributed by atoms with van der Waals surface area (Å²) in [4.78, 5) is 16.2. The molecule has 0 N–H and O–H groups in total. The second kappa shape index (κ2) is 6.02. The fourth-order valence-corrected chi connectivity index (χ4v) is 3.22. The van der Waals surface area contributed by atoms with Crippen LogP contribution in [0.1, 0.15) is 22.8 Å². The van der Waals surface area contributed by atoms with Gasteiger partial charge in [0.25, 0.3) is 0 Å². The minimum absolute atomic E-state index is 0.0790. The highest BCUT2D eigenvalue weighted by Crippen LogP contribution is 2.34. The van der Waals surface area contributed by atoms with Crippen LogP contribution in [0.5, 0.6) is 0 Å². The van der Waals surface area contributed by atoms with Gasteiger partial charge in [-0.15, -0.1) is 0 Å². The summed E-state index contributed by atoms with van der Waals surface area (Å²) in [5.74, 6) is 1.01. The maximum atomic E-state index is 11.5. The highest BCUT2D eigenvalue weighted by Gasteiger charge is 2.15. The van der Waals surface area contributed by atoms with Gasteiger partial charge in [-0.05, 0) is 42.7 Å². The van der Waals surface area contributed by atoms with Crippen LogP contribution in [0.25, 0.3) is 28.0 Å². The molecular formula is C22H18N2O. The molecule has 3 nitrogen and oxygen atoms in total. The van der Waals surface area contributed by atoms with Crippen molar-refractivity contribution in [2.75, 3.05) is 0 Å². The van der Waals surface area contributed by atoms with Gasteiger partial charge in [-0.2, -0.15) is 0 Å². The Bertz CT molecular complexity index is 1070. The molecule has 0 aliphatic rings. The van der Waals surface area contributed by atoms with Crippen LogP contribution >= 0.6 is 0 Å². The summed E-state index contributed by atoms with van der Waals surface area (Å²) in [7, 11) is 0. The third-order valence-corrected chi connectivity index (χ3v) is 4.54. The van der Waals surface area contributed by atoms with Crippen molar-refractivity contribution >= 4 is 11.3 Å². The van der Waals surface area contributed by atoms with Crippen LogP contribution in [0.15, 0.2) is 73.1 Å². The van der Waals surface area contributed by atoms with Gasteiger partial charge in [-0.1, -0.05) is 48.5 Å². The van der Waals surface area contributed by atoms with Gasteiger partial charge in [-0.25, -0.2) is 4.98 Å². The Morgan fingerprint density at radius 3 is 2.52 bits per heavy atom. The number of hydrogen-bond acceptors (Lipinski definition) is 2. The zero-order valence-electron chi connectivity index (χ0n) is 14.2. The van der Waals surface area contributed by atoms with Crippen LogP contribution in [0.3, 0.4) is 0 Å². The normalized spacial score (nSPS) is 11.0. The van der Waals surface area contributed by atoms with Gasteiger partial charge in [-0.3, -0.25) is 9.20 Å². The number of benzene rings is 2. The zero-order valence-corrected chi connectivity index (χ0v) is 14.2. The number of fused-ring (bicyclic) bond motifs is 1. The first-order chi connectivity index (χ1) is 12.1. The predicted octanol–water partition coefficient (Wildman–Crippen LogP) is 5.18. The second-order valence-corrected chi connectivity index (χ2v) is 6.21. The first-order valence-corrected chi connectivity index (χ1v) is 8.28. The van der Waals surface area contributed by atoms with E-state index >= 15 is 0 Å². The number of aromatic nitrogens is 2. The lowest BCUT2D eigenvalue weighted by Crippen LogP contribution is -1.96. The van der Waals surface area contributed by atoms with E-state index in [0.717, 1.165) is 33.6 Å². The average Bonchev–Trinajstić information content (AvgIpc) is 3.05. The SMILES string of the molecule is CC(=O)c1ccc(-c2cccc(C)c2-c2ncc3ccccn23)cc1. The molecule has 0 unspecified atom stereocenters. The molecule has 0 saturated heterocycles. The lowest BCUT2D eigenvalue weighted by atomic mass is 9.94. The van der Waals surface area contributed by atoms with Crippen LogP contribution in [-0.4, -0.2) is 15.2 Å². The molecule has 0 spiro atoms. The van der Waals surface area contributed by atoms with E-state index in [1.165, 1.54) is 5.56 Å². The molecule has 0 atom stereocenters. The van der Waals surface area contributed by atoms with Crippen molar-refractivity contribution in [3.05, 3.63) is 84.2 Å². The Morgan fingerprint density at radius 1 is 0.960 bits per heavy atom. The smallest absolute Gasteiger partial charge is 0.159 e. The fraction of sp³-hybridized carbons (Fsp3) is 0.0909. The zero-order chi connectivity index (χ0) is 17.4. The molecular weight excluding hydrogens is 308 g/mol. The van der Waals surface area contributed by atoms with Crippen molar-refractivity contribution in [1.82, 2.24) is 9.38 Å². The number of nitrogens with zero attached hydrogens (tertiary/aromatic N) is 2. The van der Waals surface area contributed by atoms with Crippen LogP contribution in [0, 0.1) is 6.92 Å². The molecule has 2 aromatic heterocycles. The lowest BCUT2D eigenvalue weighted by Gasteiger charge is -2.13. The maximum absolute atomic E-state index is 11.5. The third-order valence-electron chi connectivity index (χ3n) is 4.54. The molecule has 0 radical (unpaired) electrons. The highest BCUT2D eigenvalue weighted by molar-refractivity contribution is 5.95. The lowest BCUT2D eigenvalue weighted by molar-refractivity contribution is 0.101. The van der Waals surface area contributed by atoms with E-state index in [1.807, 2.05) is 48.8 Å². The maximum Gasteiger partial charge on any atom is 0.159 e. The average molecular weight is 326 g/mol. The van der Waals surface area contributed by atoms with Crippen LogP contribution in [0.4, 0.5) is 0 Å². The molecule has 3 heteroatoms. The summed E-state index contributed by atoms with van der Waals surface area (Å²) in [6, 6.07) is 20.1. The van der Waals surface area contributed by atoms with E-state index < -0.39 is 0 Å². The Morgan fingerprint density at radius 2 is 1.76 bits per heavy atom. The van der Waals surface area contributed by atoms with Crippen molar-refractivity contribution in [1.29, 1.82) is 0 Å². The van der Waals surface area contributed by atoms with E-state index in [-0.39, 0.29) is 5.78 Å². The molecule has 4 rings (SSSR count). The van der Waals surface area contributed by atoms with Crippen molar-refractivity contribution in [3.63, 3.8) is 0 Å². The number of carbonyl (C=O) groups is 1. The molecule has 25 heavy (non-hydrogen) atoms. The van der Waals surface area contributed by atoms with Gasteiger partial charge in [0.15, 0.2) is 5.78 Å². The molecule has 0 aliphatic carbocycles. The monoisotopic (exact) mass is 326 g/mol. The summed E-state index contributed by atoms with van der Waals surface area (Å²) in [5, 5.41) is 0. The molecule has 2 heterocycles. The summed E-state index contributed by atoms with van der Waals surface area (Å²) in [6.45, 7) is 3.69. The Balaban J connectivity index is 1.93. The minimum Gasteiger partial charge on any atom is -0.300 e. The summed E-state index contributed by atoms with van der Waals surface area (Å²) >= 11 is 0. The van der Waals surface area contributed by atoms with E-state index in [2.05, 4.69) is 40.6 Å². The van der Waals surface area contributed by atoms with Crippen LogP contribution in [-0.2, 0) is 0 Å². The van der Waals surface area contributed by atoms with Gasteiger partial charge in [0.05, 0.1) is 11.7 Å². The van der Waals surface area contributed by atoms with Crippen molar-refractivity contribution in [3.8, 4) is 22.5 Å². The Hall–Kier alpha value is -3.20. The van der Waals surface area contributed by atoms with Crippen LogP contribution < -0.4 is 0 Å². The number of hydrogen-bond donors (Lipinski definition) is 0. The van der Waals surface area contributed by atoms with E-state index in [9.17, 15) is 4.79 Å². The minimum atomic E-state index is 0.0790. The number of ketones is 1. The number of Topliss-reactive ketones (excluding diaryl/α,β-unsaturated/α-hetero) is 1. The number of aryl methyl sites for hydroxylation is 1. The Labute approximate surface area is 146 Å². The molecule has 0 aliphatic heterocycles. The molecule has 4 aromatic rings. The van der Waals surface area contributed by atoms with E-state index in [4.69, 9.17) is 0 Å². The first kappa shape index (κ1) is 15.3. The molecule has 0 bridgehead atoms. The van der Waals surface area contributed by atoms with Gasteiger partial charge in [0, 0.05) is 17.3 Å². The fourth-order valence-electron chi connectivity index (χ4n) is 3.22. The number of pyridine rings is 1. The number of rotatable bonds is 3. The summed E-state index contributed by atoms with van der Waals surface area (Å²) < 4.78 is 2.11. The number of carbonyl (C=O) groups excluding carboxylic acids is 1. The van der Waals surface area contributed by atoms with E-state index in [0.29, 0.717) is 0 Å². The Kier molecular flexibility index (Phi) is 3.69. The summed E-state index contributed by atoms with van der Waals surface area (Å²) in [6.07, 6.45) is 3.93. The molecule has 0 fully saturated rings. The van der Waals surface area contributed by atoms with Crippen molar-refractivity contribution in [2.24, 2.45) is 0 Å². The number of imidazole rings is 1.